The molecule has 1 aliphatic rings. The van der Waals surface area contributed by atoms with Crippen molar-refractivity contribution in [2.45, 2.75) is 25.8 Å². The van der Waals surface area contributed by atoms with Crippen LogP contribution in [0.1, 0.15) is 24.0 Å². The summed E-state index contributed by atoms with van der Waals surface area (Å²) in [5.74, 6) is -0.165. The number of rotatable bonds is 9. The van der Waals surface area contributed by atoms with E-state index in [9.17, 15) is 4.39 Å². The van der Waals surface area contributed by atoms with Crippen LogP contribution in [0.4, 0.5) is 4.39 Å². The van der Waals surface area contributed by atoms with Gasteiger partial charge in [0, 0.05) is 32.3 Å². The first-order valence-electron chi connectivity index (χ1n) is 9.56. The third-order valence-electron chi connectivity index (χ3n) is 5.00. The van der Waals surface area contributed by atoms with Crippen LogP contribution in [-0.2, 0) is 17.7 Å². The monoisotopic (exact) mass is 356 g/mol. The lowest BCUT2D eigenvalue weighted by Gasteiger charge is -2.15. The van der Waals surface area contributed by atoms with Crippen molar-refractivity contribution in [3.8, 4) is 11.1 Å². The first kappa shape index (κ1) is 19.0. The van der Waals surface area contributed by atoms with Gasteiger partial charge in [0.25, 0.3) is 0 Å². The van der Waals surface area contributed by atoms with Gasteiger partial charge >= 0.3 is 0 Å². The van der Waals surface area contributed by atoms with Crippen LogP contribution < -0.4 is 5.32 Å². The lowest BCUT2D eigenvalue weighted by Crippen LogP contribution is -2.21. The Morgan fingerprint density at radius 3 is 2.73 bits per heavy atom. The molecule has 0 unspecified atom stereocenters. The van der Waals surface area contributed by atoms with Crippen LogP contribution in [0.2, 0.25) is 0 Å². The van der Waals surface area contributed by atoms with Crippen molar-refractivity contribution in [1.29, 1.82) is 0 Å². The molecule has 1 aliphatic heterocycles. The molecule has 2 aromatic carbocycles. The van der Waals surface area contributed by atoms with Crippen molar-refractivity contribution in [2.24, 2.45) is 0 Å². The minimum Gasteiger partial charge on any atom is -0.383 e. The summed E-state index contributed by atoms with van der Waals surface area (Å²) in [5.41, 5.74) is 4.00. The zero-order valence-corrected chi connectivity index (χ0v) is 15.6. The van der Waals surface area contributed by atoms with Crippen LogP contribution in [-0.4, -0.2) is 44.8 Å². The normalized spacial score (nSPS) is 14.8. The summed E-state index contributed by atoms with van der Waals surface area (Å²) >= 11 is 0. The molecule has 140 valence electrons. The predicted octanol–water partition coefficient (Wildman–Crippen LogP) is 3.87. The third kappa shape index (κ3) is 5.37. The smallest absolute Gasteiger partial charge is 0.131 e. The van der Waals surface area contributed by atoms with Crippen LogP contribution in [0, 0.1) is 5.82 Å². The molecule has 26 heavy (non-hydrogen) atoms. The Labute approximate surface area is 156 Å². The fraction of sp³-hybridized carbons (Fsp3) is 0.455. The fourth-order valence-electron chi connectivity index (χ4n) is 3.50. The van der Waals surface area contributed by atoms with E-state index < -0.39 is 0 Å². The van der Waals surface area contributed by atoms with Crippen molar-refractivity contribution in [3.63, 3.8) is 0 Å². The number of halogens is 1. The summed E-state index contributed by atoms with van der Waals surface area (Å²) in [6.07, 6.45) is 3.65. The van der Waals surface area contributed by atoms with Gasteiger partial charge in [-0.15, -0.1) is 0 Å². The van der Waals surface area contributed by atoms with Gasteiger partial charge < -0.3 is 15.0 Å². The van der Waals surface area contributed by atoms with E-state index >= 15 is 0 Å². The number of hydrogen-bond acceptors (Lipinski definition) is 3. The number of hydrogen-bond donors (Lipinski definition) is 1. The molecule has 3 rings (SSSR count). The molecule has 0 amide bonds. The molecule has 0 aliphatic carbocycles. The Morgan fingerprint density at radius 2 is 1.92 bits per heavy atom. The average Bonchev–Trinajstić information content (AvgIpc) is 3.19. The molecule has 1 heterocycles. The number of methoxy groups -OCH3 is 1. The van der Waals surface area contributed by atoms with Crippen molar-refractivity contribution in [1.82, 2.24) is 10.2 Å². The maximum absolute atomic E-state index is 14.4. The Kier molecular flexibility index (Phi) is 7.18. The molecule has 0 spiro atoms. The number of ether oxygens (including phenoxy) is 1. The number of benzene rings is 2. The topological polar surface area (TPSA) is 24.5 Å². The highest BCUT2D eigenvalue weighted by atomic mass is 19.1. The first-order valence-corrected chi connectivity index (χ1v) is 9.56. The molecule has 0 radical (unpaired) electrons. The van der Waals surface area contributed by atoms with Gasteiger partial charge in [-0.05, 0) is 61.2 Å². The largest absolute Gasteiger partial charge is 0.383 e. The Hall–Kier alpha value is -1.75. The molecule has 0 bridgehead atoms. The van der Waals surface area contributed by atoms with E-state index in [1.54, 1.807) is 13.2 Å². The van der Waals surface area contributed by atoms with E-state index in [0.717, 1.165) is 30.6 Å². The van der Waals surface area contributed by atoms with Gasteiger partial charge in [-0.25, -0.2) is 4.39 Å². The van der Waals surface area contributed by atoms with Crippen molar-refractivity contribution >= 4 is 0 Å². The van der Waals surface area contributed by atoms with Gasteiger partial charge in [0.15, 0.2) is 0 Å². The summed E-state index contributed by atoms with van der Waals surface area (Å²) in [4.78, 5) is 2.51. The lowest BCUT2D eigenvalue weighted by atomic mass is 9.99. The summed E-state index contributed by atoms with van der Waals surface area (Å²) in [6.45, 7) is 5.70. The molecule has 1 N–H and O–H groups in total. The number of nitrogens with zero attached hydrogens (tertiary/aromatic N) is 1. The Bertz CT molecular complexity index is 698. The summed E-state index contributed by atoms with van der Waals surface area (Å²) in [6, 6.07) is 13.7. The molecule has 0 saturated carbocycles. The summed E-state index contributed by atoms with van der Waals surface area (Å²) in [5, 5.41) is 3.31. The van der Waals surface area contributed by atoms with Crippen molar-refractivity contribution in [3.05, 3.63) is 59.4 Å². The lowest BCUT2D eigenvalue weighted by molar-refractivity contribution is 0.199. The Morgan fingerprint density at radius 1 is 1.08 bits per heavy atom. The number of likely N-dealkylation sites (tertiary alicyclic amines) is 1. The van der Waals surface area contributed by atoms with Gasteiger partial charge in [-0.3, -0.25) is 0 Å². The van der Waals surface area contributed by atoms with Gasteiger partial charge in [0.2, 0.25) is 0 Å². The second-order valence-electron chi connectivity index (χ2n) is 6.98. The second kappa shape index (κ2) is 9.81. The molecule has 3 nitrogen and oxygen atoms in total. The van der Waals surface area contributed by atoms with Crippen molar-refractivity contribution < 1.29 is 9.13 Å². The Balaban J connectivity index is 1.67. The minimum absolute atomic E-state index is 0.165. The maximum atomic E-state index is 14.4. The van der Waals surface area contributed by atoms with Crippen LogP contribution in [0.3, 0.4) is 0 Å². The first-order chi connectivity index (χ1) is 12.8. The fourth-order valence-corrected chi connectivity index (χ4v) is 3.50. The molecule has 1 fully saturated rings. The predicted molar refractivity (Wildman–Crippen MR) is 105 cm³/mol. The quantitative estimate of drug-likeness (QED) is 0.691. The third-order valence-corrected chi connectivity index (χ3v) is 5.00. The van der Waals surface area contributed by atoms with Gasteiger partial charge in [-0.2, -0.15) is 0 Å². The molecule has 4 heteroatoms. The van der Waals surface area contributed by atoms with Crippen molar-refractivity contribution in [2.75, 3.05) is 39.9 Å². The second-order valence-corrected chi connectivity index (χ2v) is 6.98. The highest BCUT2D eigenvalue weighted by Crippen LogP contribution is 2.25. The molecule has 0 atom stereocenters. The van der Waals surface area contributed by atoms with Gasteiger partial charge in [0.1, 0.15) is 5.82 Å². The highest BCUT2D eigenvalue weighted by molar-refractivity contribution is 5.65. The van der Waals surface area contributed by atoms with Crippen LogP contribution in [0.15, 0.2) is 42.5 Å². The zero-order chi connectivity index (χ0) is 18.2. The SMILES string of the molecule is COCCNCc1ccc(F)c(-c2cccc(CCN3CCCC3)c2)c1. The maximum Gasteiger partial charge on any atom is 0.131 e. The van der Waals surface area contributed by atoms with E-state index in [1.165, 1.54) is 31.5 Å². The van der Waals surface area contributed by atoms with Gasteiger partial charge in [-0.1, -0.05) is 30.3 Å². The minimum atomic E-state index is -0.165. The zero-order valence-electron chi connectivity index (χ0n) is 15.6. The van der Waals surface area contributed by atoms with E-state index in [2.05, 4.69) is 22.3 Å². The van der Waals surface area contributed by atoms with E-state index in [1.807, 2.05) is 24.3 Å². The van der Waals surface area contributed by atoms with Gasteiger partial charge in [0.05, 0.1) is 6.61 Å². The van der Waals surface area contributed by atoms with Crippen LogP contribution in [0.25, 0.3) is 11.1 Å². The standard InChI is InChI=1S/C22H29FN2O/c1-26-14-10-24-17-19-7-8-22(23)21(16-19)20-6-4-5-18(15-20)9-13-25-11-2-3-12-25/h4-8,15-16,24H,2-3,9-14,17H2,1H3. The molecule has 1 saturated heterocycles. The molecular weight excluding hydrogens is 327 g/mol. The number of nitrogens with one attached hydrogen (secondary N) is 1. The van der Waals surface area contributed by atoms with E-state index in [0.29, 0.717) is 18.7 Å². The highest BCUT2D eigenvalue weighted by Gasteiger charge is 2.12. The van der Waals surface area contributed by atoms with E-state index in [4.69, 9.17) is 4.74 Å². The summed E-state index contributed by atoms with van der Waals surface area (Å²) in [7, 11) is 1.69. The molecular formula is C22H29FN2O. The molecule has 0 aromatic heterocycles. The average molecular weight is 356 g/mol. The van der Waals surface area contributed by atoms with E-state index in [-0.39, 0.29) is 5.82 Å². The van der Waals surface area contributed by atoms with Crippen LogP contribution in [0.5, 0.6) is 0 Å². The molecule has 2 aromatic rings. The van der Waals surface area contributed by atoms with Crippen LogP contribution >= 0.6 is 0 Å². The summed E-state index contributed by atoms with van der Waals surface area (Å²) < 4.78 is 19.5.